The van der Waals surface area contributed by atoms with Gasteiger partial charge in [0, 0.05) is 0 Å². The first-order valence-electron chi connectivity index (χ1n) is 3.32. The lowest BCUT2D eigenvalue weighted by atomic mass is 9.73. The quantitative estimate of drug-likeness (QED) is 0.426. The van der Waals surface area contributed by atoms with E-state index in [2.05, 4.69) is 37.6 Å². The van der Waals surface area contributed by atoms with Gasteiger partial charge in [0.1, 0.15) is 7.28 Å². The molecule has 1 aliphatic heterocycles. The van der Waals surface area contributed by atoms with E-state index in [1.165, 1.54) is 0 Å². The van der Waals surface area contributed by atoms with E-state index in [4.69, 9.17) is 0 Å². The predicted octanol–water partition coefficient (Wildman–Crippen LogP) is 2.14. The second kappa shape index (κ2) is 4.19. The van der Waals surface area contributed by atoms with E-state index in [-0.39, 0.29) is 0 Å². The van der Waals surface area contributed by atoms with Crippen LogP contribution >= 0.6 is 0 Å². The van der Waals surface area contributed by atoms with Crippen molar-refractivity contribution in [2.75, 3.05) is 0 Å². The van der Waals surface area contributed by atoms with Crippen LogP contribution in [0.1, 0.15) is 6.42 Å². The van der Waals surface area contributed by atoms with Gasteiger partial charge in [-0.1, -0.05) is 36.7 Å². The summed E-state index contributed by atoms with van der Waals surface area (Å²) in [5.74, 6) is 2.09. The molecule has 1 aliphatic rings. The third-order valence-corrected chi connectivity index (χ3v) is 1.22. The van der Waals surface area contributed by atoms with E-state index >= 15 is 0 Å². The lowest BCUT2D eigenvalue weighted by molar-refractivity contribution is 1.21. The fourth-order valence-electron chi connectivity index (χ4n) is 0.734. The largest absolute Gasteiger partial charge is 0.141 e. The first-order chi connectivity index (χ1) is 4.50. The Morgan fingerprint density at radius 2 is 1.89 bits per heavy atom. The molecular formula is C8H10B. The SMILES string of the molecule is [B]1\C=C/C=C\C=C/CC1. The molecule has 1 rings (SSSR count). The lowest BCUT2D eigenvalue weighted by Crippen LogP contribution is -1.79. The van der Waals surface area contributed by atoms with Crippen LogP contribution in [0, 0.1) is 0 Å². The second-order valence-corrected chi connectivity index (χ2v) is 2.01. The number of hydrogen-bond donors (Lipinski definition) is 0. The topological polar surface area (TPSA) is 0 Å². The van der Waals surface area contributed by atoms with Crippen molar-refractivity contribution in [2.24, 2.45) is 0 Å². The molecule has 1 heteroatoms. The Labute approximate surface area is 57.2 Å². The molecule has 0 aromatic carbocycles. The molecule has 0 atom stereocenters. The zero-order chi connectivity index (χ0) is 6.36. The second-order valence-electron chi connectivity index (χ2n) is 2.01. The highest BCUT2D eigenvalue weighted by molar-refractivity contribution is 6.42. The predicted molar refractivity (Wildman–Crippen MR) is 42.6 cm³/mol. The summed E-state index contributed by atoms with van der Waals surface area (Å²) in [6, 6.07) is 0. The molecule has 0 saturated carbocycles. The lowest BCUT2D eigenvalue weighted by Gasteiger charge is -1.83. The van der Waals surface area contributed by atoms with Crippen molar-refractivity contribution in [2.45, 2.75) is 12.7 Å². The molecule has 0 amide bonds. The summed E-state index contributed by atoms with van der Waals surface area (Å²) < 4.78 is 0. The van der Waals surface area contributed by atoms with Crippen LogP contribution in [-0.2, 0) is 0 Å². The van der Waals surface area contributed by atoms with Gasteiger partial charge in [0.05, 0.1) is 0 Å². The highest BCUT2D eigenvalue weighted by Gasteiger charge is 1.82. The van der Waals surface area contributed by atoms with E-state index in [1.807, 2.05) is 6.08 Å². The van der Waals surface area contributed by atoms with Gasteiger partial charge in [-0.15, -0.1) is 5.98 Å². The van der Waals surface area contributed by atoms with Gasteiger partial charge in [-0.3, -0.25) is 0 Å². The first-order valence-corrected chi connectivity index (χ1v) is 3.32. The molecule has 1 heterocycles. The van der Waals surface area contributed by atoms with Crippen molar-refractivity contribution >= 4 is 7.28 Å². The molecule has 9 heavy (non-hydrogen) atoms. The normalized spacial score (nSPS) is 28.4. The Kier molecular flexibility index (Phi) is 2.98. The molecular weight excluding hydrogens is 107 g/mol. The van der Waals surface area contributed by atoms with Gasteiger partial charge in [0.15, 0.2) is 0 Å². The van der Waals surface area contributed by atoms with Crippen LogP contribution in [0.2, 0.25) is 6.32 Å². The van der Waals surface area contributed by atoms with E-state index < -0.39 is 0 Å². The Hall–Kier alpha value is -0.715. The zero-order valence-electron chi connectivity index (χ0n) is 5.46. The van der Waals surface area contributed by atoms with E-state index in [0.717, 1.165) is 12.7 Å². The maximum absolute atomic E-state index is 2.18. The molecule has 0 aromatic rings. The fourth-order valence-corrected chi connectivity index (χ4v) is 0.734. The van der Waals surface area contributed by atoms with Gasteiger partial charge in [-0.25, -0.2) is 0 Å². The van der Waals surface area contributed by atoms with Crippen LogP contribution in [0.5, 0.6) is 0 Å². The smallest absolute Gasteiger partial charge is 0.123 e. The van der Waals surface area contributed by atoms with Crippen LogP contribution < -0.4 is 0 Å². The molecule has 0 bridgehead atoms. The highest BCUT2D eigenvalue weighted by Crippen LogP contribution is 1.94. The zero-order valence-corrected chi connectivity index (χ0v) is 5.46. The molecule has 0 saturated heterocycles. The van der Waals surface area contributed by atoms with Crippen LogP contribution in [-0.4, -0.2) is 7.28 Å². The van der Waals surface area contributed by atoms with Gasteiger partial charge >= 0.3 is 0 Å². The van der Waals surface area contributed by atoms with Crippen LogP contribution in [0.25, 0.3) is 0 Å². The highest BCUT2D eigenvalue weighted by atomic mass is 13.7. The summed E-state index contributed by atoms with van der Waals surface area (Å²) in [5.41, 5.74) is 0. The van der Waals surface area contributed by atoms with Crippen LogP contribution in [0.4, 0.5) is 0 Å². The van der Waals surface area contributed by atoms with Crippen molar-refractivity contribution in [1.29, 1.82) is 0 Å². The van der Waals surface area contributed by atoms with Gasteiger partial charge in [0.25, 0.3) is 0 Å². The standard InChI is InChI=1S/C8H10B/c1-2-4-6-8-9-7-5-3-1/h1-5,7H,6,8H2/b3-1-,4-2-,7-5-. The summed E-state index contributed by atoms with van der Waals surface area (Å²) in [6.07, 6.45) is 12.7. The maximum atomic E-state index is 2.18. The Morgan fingerprint density at radius 3 is 2.89 bits per heavy atom. The van der Waals surface area contributed by atoms with Gasteiger partial charge in [-0.2, -0.15) is 0 Å². The first kappa shape index (κ1) is 6.41. The van der Waals surface area contributed by atoms with Gasteiger partial charge < -0.3 is 0 Å². The van der Waals surface area contributed by atoms with E-state index in [0.29, 0.717) is 0 Å². The summed E-state index contributed by atoms with van der Waals surface area (Å²) in [4.78, 5) is 0. The monoisotopic (exact) mass is 117 g/mol. The van der Waals surface area contributed by atoms with Crippen LogP contribution in [0.15, 0.2) is 36.4 Å². The number of hydrogen-bond acceptors (Lipinski definition) is 0. The van der Waals surface area contributed by atoms with Crippen molar-refractivity contribution in [1.82, 2.24) is 0 Å². The summed E-state index contributed by atoms with van der Waals surface area (Å²) in [5, 5.41) is 0. The minimum absolute atomic E-state index is 1.16. The van der Waals surface area contributed by atoms with Crippen LogP contribution in [0.3, 0.4) is 0 Å². The van der Waals surface area contributed by atoms with Crippen molar-refractivity contribution in [3.8, 4) is 0 Å². The Bertz CT molecular complexity index is 127. The third-order valence-electron chi connectivity index (χ3n) is 1.22. The molecule has 0 aromatic heterocycles. The average Bonchev–Trinajstić information content (AvgIpc) is 2.00. The average molecular weight is 117 g/mol. The fraction of sp³-hybridized carbons (Fsp3) is 0.250. The minimum Gasteiger partial charge on any atom is -0.123 e. The molecule has 0 aliphatic carbocycles. The molecule has 1 radical (unpaired) electrons. The minimum atomic E-state index is 1.16. The maximum Gasteiger partial charge on any atom is 0.141 e. The summed E-state index contributed by atoms with van der Waals surface area (Å²) in [7, 11) is 2.18. The van der Waals surface area contributed by atoms with Crippen molar-refractivity contribution < 1.29 is 0 Å². The van der Waals surface area contributed by atoms with Crippen molar-refractivity contribution in [3.63, 3.8) is 0 Å². The number of rotatable bonds is 0. The third kappa shape index (κ3) is 2.96. The molecule has 0 nitrogen and oxygen atoms in total. The molecule has 45 valence electrons. The van der Waals surface area contributed by atoms with E-state index in [1.54, 1.807) is 0 Å². The number of allylic oxidation sites excluding steroid dienone is 5. The van der Waals surface area contributed by atoms with Gasteiger partial charge in [0.2, 0.25) is 0 Å². The molecule has 0 fully saturated rings. The van der Waals surface area contributed by atoms with E-state index in [9.17, 15) is 0 Å². The van der Waals surface area contributed by atoms with Gasteiger partial charge in [-0.05, 0) is 6.42 Å². The summed E-state index contributed by atoms with van der Waals surface area (Å²) in [6.45, 7) is 0. The molecule has 0 unspecified atom stereocenters. The Morgan fingerprint density at radius 1 is 1.00 bits per heavy atom. The Balaban J connectivity index is 2.45. The van der Waals surface area contributed by atoms with Crippen molar-refractivity contribution in [3.05, 3.63) is 36.4 Å². The molecule has 0 spiro atoms. The summed E-state index contributed by atoms with van der Waals surface area (Å²) >= 11 is 0. The molecule has 0 N–H and O–H groups in total.